The zero-order valence-corrected chi connectivity index (χ0v) is 12.5. The summed E-state index contributed by atoms with van der Waals surface area (Å²) in [4.78, 5) is 4.41. The smallest absolute Gasteiger partial charge is 0.0947 e. The molecule has 1 atom stereocenters. The highest BCUT2D eigenvalue weighted by atomic mass is 35.5. The molecule has 0 amide bonds. The van der Waals surface area contributed by atoms with Crippen LogP contribution in [0.5, 0.6) is 0 Å². The van der Waals surface area contributed by atoms with Crippen LogP contribution in [0.2, 0.25) is 10.0 Å². The van der Waals surface area contributed by atoms with E-state index in [0.717, 1.165) is 24.2 Å². The van der Waals surface area contributed by atoms with Gasteiger partial charge in [-0.05, 0) is 36.7 Å². The summed E-state index contributed by atoms with van der Waals surface area (Å²) in [6.45, 7) is 3.02. The Hall–Kier alpha value is -1.03. The standard InChI is InChI=1S/C14H17Cl2N3/c1-3-6-17-14(13-8-19(2)9-18-13)11-7-10(15)4-5-12(11)16/h4-5,7-9,14,17H,3,6H2,1-2H3. The van der Waals surface area contributed by atoms with E-state index in [1.165, 1.54) is 0 Å². The molecule has 0 aliphatic carbocycles. The average molecular weight is 298 g/mol. The van der Waals surface area contributed by atoms with E-state index in [-0.39, 0.29) is 6.04 Å². The Kier molecular flexibility index (Phi) is 4.86. The number of benzene rings is 1. The summed E-state index contributed by atoms with van der Waals surface area (Å²) in [6.07, 6.45) is 4.82. The van der Waals surface area contributed by atoms with Gasteiger partial charge in [-0.2, -0.15) is 0 Å². The Morgan fingerprint density at radius 1 is 1.37 bits per heavy atom. The van der Waals surface area contributed by atoms with Gasteiger partial charge in [-0.1, -0.05) is 30.1 Å². The highest BCUT2D eigenvalue weighted by Crippen LogP contribution is 2.29. The van der Waals surface area contributed by atoms with E-state index >= 15 is 0 Å². The molecule has 0 aliphatic rings. The second-order valence-electron chi connectivity index (χ2n) is 4.52. The zero-order valence-electron chi connectivity index (χ0n) is 11.0. The Labute approximate surface area is 123 Å². The van der Waals surface area contributed by atoms with Gasteiger partial charge in [0.1, 0.15) is 0 Å². The predicted octanol–water partition coefficient (Wildman–Crippen LogP) is 3.82. The topological polar surface area (TPSA) is 29.9 Å². The summed E-state index contributed by atoms with van der Waals surface area (Å²) in [5, 5.41) is 4.84. The first-order valence-corrected chi connectivity index (χ1v) is 7.03. The third kappa shape index (κ3) is 3.50. The third-order valence-corrected chi connectivity index (χ3v) is 3.47. The molecule has 102 valence electrons. The van der Waals surface area contributed by atoms with Gasteiger partial charge in [0.2, 0.25) is 0 Å². The lowest BCUT2D eigenvalue weighted by molar-refractivity contribution is 0.588. The van der Waals surface area contributed by atoms with Crippen LogP contribution in [0, 0.1) is 0 Å². The van der Waals surface area contributed by atoms with Gasteiger partial charge in [0, 0.05) is 23.3 Å². The molecule has 5 heteroatoms. The summed E-state index contributed by atoms with van der Waals surface area (Å²) in [7, 11) is 1.95. The molecule has 3 nitrogen and oxygen atoms in total. The summed E-state index contributed by atoms with van der Waals surface area (Å²) in [5.41, 5.74) is 1.90. The van der Waals surface area contributed by atoms with Crippen molar-refractivity contribution in [1.29, 1.82) is 0 Å². The van der Waals surface area contributed by atoms with Crippen molar-refractivity contribution in [2.75, 3.05) is 6.54 Å². The second kappa shape index (κ2) is 6.42. The Balaban J connectivity index is 2.39. The molecule has 0 bridgehead atoms. The van der Waals surface area contributed by atoms with E-state index in [2.05, 4.69) is 17.2 Å². The molecular formula is C14H17Cl2N3. The Bertz CT molecular complexity index is 551. The van der Waals surface area contributed by atoms with Crippen molar-refractivity contribution in [3.05, 3.63) is 52.0 Å². The van der Waals surface area contributed by atoms with Crippen molar-refractivity contribution in [1.82, 2.24) is 14.9 Å². The maximum Gasteiger partial charge on any atom is 0.0947 e. The number of nitrogens with zero attached hydrogens (tertiary/aromatic N) is 2. The van der Waals surface area contributed by atoms with Crippen LogP contribution in [-0.2, 0) is 7.05 Å². The molecule has 1 N–H and O–H groups in total. The minimum absolute atomic E-state index is 0.0349. The molecule has 1 heterocycles. The van der Waals surface area contributed by atoms with Gasteiger partial charge in [-0.25, -0.2) is 4.98 Å². The van der Waals surface area contributed by atoms with Crippen molar-refractivity contribution in [2.45, 2.75) is 19.4 Å². The lowest BCUT2D eigenvalue weighted by Crippen LogP contribution is -2.23. The fraction of sp³-hybridized carbons (Fsp3) is 0.357. The fourth-order valence-corrected chi connectivity index (χ4v) is 2.39. The maximum absolute atomic E-state index is 6.29. The first-order chi connectivity index (χ1) is 9.11. The van der Waals surface area contributed by atoms with Crippen molar-refractivity contribution in [3.8, 4) is 0 Å². The molecule has 1 aromatic carbocycles. The monoisotopic (exact) mass is 297 g/mol. The van der Waals surface area contributed by atoms with Crippen LogP contribution in [0.4, 0.5) is 0 Å². The van der Waals surface area contributed by atoms with Crippen LogP contribution >= 0.6 is 23.2 Å². The number of hydrogen-bond donors (Lipinski definition) is 1. The van der Waals surface area contributed by atoms with E-state index in [1.54, 1.807) is 12.4 Å². The third-order valence-electron chi connectivity index (χ3n) is 2.89. The van der Waals surface area contributed by atoms with Gasteiger partial charge in [0.25, 0.3) is 0 Å². The summed E-state index contributed by atoms with van der Waals surface area (Å²) >= 11 is 12.4. The maximum atomic E-state index is 6.29. The molecule has 1 unspecified atom stereocenters. The van der Waals surface area contributed by atoms with Gasteiger partial charge >= 0.3 is 0 Å². The molecular weight excluding hydrogens is 281 g/mol. The average Bonchev–Trinajstić information content (AvgIpc) is 2.80. The number of imidazole rings is 1. The molecule has 0 aliphatic heterocycles. The summed E-state index contributed by atoms with van der Waals surface area (Å²) in [6, 6.07) is 5.48. The van der Waals surface area contributed by atoms with Gasteiger partial charge in [-0.3, -0.25) is 0 Å². The second-order valence-corrected chi connectivity index (χ2v) is 5.36. The van der Waals surface area contributed by atoms with Crippen LogP contribution in [0.25, 0.3) is 0 Å². The number of aryl methyl sites for hydroxylation is 1. The van der Waals surface area contributed by atoms with Gasteiger partial charge in [0.15, 0.2) is 0 Å². The molecule has 0 spiro atoms. The Morgan fingerprint density at radius 3 is 2.79 bits per heavy atom. The first-order valence-electron chi connectivity index (χ1n) is 6.28. The van der Waals surface area contributed by atoms with Crippen LogP contribution in [0.15, 0.2) is 30.7 Å². The fourth-order valence-electron chi connectivity index (χ4n) is 1.98. The summed E-state index contributed by atoms with van der Waals surface area (Å²) < 4.78 is 1.93. The quantitative estimate of drug-likeness (QED) is 0.909. The zero-order chi connectivity index (χ0) is 13.8. The van der Waals surface area contributed by atoms with Crippen LogP contribution < -0.4 is 5.32 Å². The van der Waals surface area contributed by atoms with E-state index in [1.807, 2.05) is 29.9 Å². The van der Waals surface area contributed by atoms with Crippen LogP contribution in [0.1, 0.15) is 30.6 Å². The lowest BCUT2D eigenvalue weighted by atomic mass is 10.0. The van der Waals surface area contributed by atoms with Crippen molar-refractivity contribution < 1.29 is 0 Å². The molecule has 0 saturated carbocycles. The minimum atomic E-state index is -0.0349. The molecule has 19 heavy (non-hydrogen) atoms. The predicted molar refractivity (Wildman–Crippen MR) is 79.8 cm³/mol. The SMILES string of the molecule is CCCNC(c1cn(C)cn1)c1cc(Cl)ccc1Cl. The normalized spacial score (nSPS) is 12.6. The van der Waals surface area contributed by atoms with E-state index in [0.29, 0.717) is 10.0 Å². The molecule has 0 saturated heterocycles. The number of aromatic nitrogens is 2. The number of halogens is 2. The molecule has 2 aromatic rings. The van der Waals surface area contributed by atoms with Crippen molar-refractivity contribution in [2.24, 2.45) is 7.05 Å². The largest absolute Gasteiger partial charge is 0.340 e. The molecule has 1 aromatic heterocycles. The molecule has 0 fully saturated rings. The number of rotatable bonds is 5. The highest BCUT2D eigenvalue weighted by Gasteiger charge is 2.18. The number of nitrogens with one attached hydrogen (secondary N) is 1. The van der Waals surface area contributed by atoms with Gasteiger partial charge < -0.3 is 9.88 Å². The molecule has 0 radical (unpaired) electrons. The van der Waals surface area contributed by atoms with Crippen LogP contribution in [-0.4, -0.2) is 16.1 Å². The van der Waals surface area contributed by atoms with E-state index in [9.17, 15) is 0 Å². The first kappa shape index (κ1) is 14.4. The number of hydrogen-bond acceptors (Lipinski definition) is 2. The molecule has 2 rings (SSSR count). The lowest BCUT2D eigenvalue weighted by Gasteiger charge is -2.18. The Morgan fingerprint density at radius 2 is 2.16 bits per heavy atom. The highest BCUT2D eigenvalue weighted by molar-refractivity contribution is 6.33. The van der Waals surface area contributed by atoms with E-state index < -0.39 is 0 Å². The summed E-state index contributed by atoms with van der Waals surface area (Å²) in [5.74, 6) is 0. The van der Waals surface area contributed by atoms with Crippen molar-refractivity contribution >= 4 is 23.2 Å². The van der Waals surface area contributed by atoms with Crippen molar-refractivity contribution in [3.63, 3.8) is 0 Å². The van der Waals surface area contributed by atoms with E-state index in [4.69, 9.17) is 23.2 Å². The van der Waals surface area contributed by atoms with Gasteiger partial charge in [0.05, 0.1) is 18.1 Å². The minimum Gasteiger partial charge on any atom is -0.340 e. The van der Waals surface area contributed by atoms with Crippen LogP contribution in [0.3, 0.4) is 0 Å². The van der Waals surface area contributed by atoms with Gasteiger partial charge in [-0.15, -0.1) is 0 Å².